The second kappa shape index (κ2) is 10.3. The predicted octanol–water partition coefficient (Wildman–Crippen LogP) is 2.89. The summed E-state index contributed by atoms with van der Waals surface area (Å²) in [7, 11) is -3.88. The van der Waals surface area contributed by atoms with Gasteiger partial charge in [-0.3, -0.25) is 9.10 Å². The smallest absolute Gasteiger partial charge is 0.243 e. The van der Waals surface area contributed by atoms with Crippen molar-refractivity contribution in [2.24, 2.45) is 0 Å². The molecule has 6 nitrogen and oxygen atoms in total. The predicted molar refractivity (Wildman–Crippen MR) is 110 cm³/mol. The van der Waals surface area contributed by atoms with E-state index in [4.69, 9.17) is 0 Å². The molecule has 2 rings (SSSR count). The first-order valence-corrected chi connectivity index (χ1v) is 12.0. The monoisotopic (exact) mass is 431 g/mol. The van der Waals surface area contributed by atoms with Gasteiger partial charge in [0.25, 0.3) is 0 Å². The fourth-order valence-electron chi connectivity index (χ4n) is 3.89. The van der Waals surface area contributed by atoms with Gasteiger partial charge in [0.2, 0.25) is 15.9 Å². The van der Waals surface area contributed by atoms with E-state index in [1.165, 1.54) is 26.2 Å². The van der Waals surface area contributed by atoms with Crippen LogP contribution in [0.25, 0.3) is 0 Å². The Bertz CT molecular complexity index is 804. The molecule has 0 aliphatic carbocycles. The van der Waals surface area contributed by atoms with E-state index in [1.54, 1.807) is 0 Å². The summed E-state index contributed by atoms with van der Waals surface area (Å²) in [6.45, 7) is 5.98. The lowest BCUT2D eigenvalue weighted by Crippen LogP contribution is -2.48. The van der Waals surface area contributed by atoms with Gasteiger partial charge in [-0.05, 0) is 51.3 Å². The van der Waals surface area contributed by atoms with Gasteiger partial charge in [-0.15, -0.1) is 0 Å². The first kappa shape index (κ1) is 23.5. The second-order valence-corrected chi connectivity index (χ2v) is 9.43. The summed E-state index contributed by atoms with van der Waals surface area (Å²) in [5, 5.41) is 2.76. The number of halogens is 2. The van der Waals surface area contributed by atoms with Crippen LogP contribution in [0, 0.1) is 11.6 Å². The van der Waals surface area contributed by atoms with Crippen LogP contribution in [0.1, 0.15) is 46.0 Å². The minimum Gasteiger partial charge on any atom is -0.354 e. The maximum Gasteiger partial charge on any atom is 0.243 e. The number of piperidine rings is 1. The van der Waals surface area contributed by atoms with Crippen molar-refractivity contribution in [1.29, 1.82) is 0 Å². The van der Waals surface area contributed by atoms with Crippen molar-refractivity contribution < 1.29 is 22.0 Å². The first-order chi connectivity index (χ1) is 13.6. The first-order valence-electron chi connectivity index (χ1n) is 10.1. The van der Waals surface area contributed by atoms with Crippen molar-refractivity contribution in [1.82, 2.24) is 10.2 Å². The molecule has 1 aromatic rings. The average Bonchev–Trinajstić information content (AvgIpc) is 2.67. The molecule has 1 aromatic carbocycles. The number of benzene rings is 1. The number of sulfonamides is 1. The van der Waals surface area contributed by atoms with Crippen LogP contribution in [-0.4, -0.2) is 57.2 Å². The van der Waals surface area contributed by atoms with E-state index in [-0.39, 0.29) is 5.69 Å². The number of hydrogen-bond acceptors (Lipinski definition) is 4. The fourth-order valence-corrected chi connectivity index (χ4v) is 5.06. The summed E-state index contributed by atoms with van der Waals surface area (Å²) >= 11 is 0. The van der Waals surface area contributed by atoms with Crippen LogP contribution < -0.4 is 9.62 Å². The minimum atomic E-state index is -3.88. The van der Waals surface area contributed by atoms with Crippen LogP contribution >= 0.6 is 0 Å². The van der Waals surface area contributed by atoms with Gasteiger partial charge in [0.15, 0.2) is 11.6 Å². The van der Waals surface area contributed by atoms with E-state index in [0.29, 0.717) is 12.6 Å². The summed E-state index contributed by atoms with van der Waals surface area (Å²) in [6.07, 6.45) is 6.46. The molecule has 2 atom stereocenters. The SMILES string of the molecule is CC[C@@H]1CCCCN1CCCNC(=O)[C@@H](C)N(c1ccc(F)c(F)c1)S(C)(=O)=O. The lowest BCUT2D eigenvalue weighted by atomic mass is 10.00. The number of carbonyl (C=O) groups excluding carboxylic acids is 1. The largest absolute Gasteiger partial charge is 0.354 e. The molecule has 0 unspecified atom stereocenters. The molecule has 1 fully saturated rings. The summed E-state index contributed by atoms with van der Waals surface area (Å²) < 4.78 is 52.0. The lowest BCUT2D eigenvalue weighted by molar-refractivity contribution is -0.121. The van der Waals surface area contributed by atoms with Crippen molar-refractivity contribution in [2.75, 3.05) is 30.2 Å². The zero-order chi connectivity index (χ0) is 21.6. The highest BCUT2D eigenvalue weighted by molar-refractivity contribution is 7.92. The third kappa shape index (κ3) is 6.37. The molecule has 0 aromatic heterocycles. The molecule has 1 saturated heterocycles. The van der Waals surface area contributed by atoms with Crippen molar-refractivity contribution >= 4 is 21.6 Å². The van der Waals surface area contributed by atoms with Crippen LogP contribution in [0.15, 0.2) is 18.2 Å². The van der Waals surface area contributed by atoms with E-state index < -0.39 is 33.6 Å². The number of rotatable bonds is 9. The second-order valence-electron chi connectivity index (χ2n) is 7.57. The molecule has 0 radical (unpaired) electrons. The molecular formula is C20H31F2N3O3S. The Morgan fingerprint density at radius 1 is 1.31 bits per heavy atom. The molecule has 9 heteroatoms. The molecule has 0 bridgehead atoms. The maximum atomic E-state index is 13.6. The molecule has 0 spiro atoms. The molecular weight excluding hydrogens is 400 g/mol. The standard InChI is InChI=1S/C20H31F2N3O3S/c1-4-16-8-5-6-12-24(16)13-7-11-23-20(26)15(2)25(29(3,27)28)17-9-10-18(21)19(22)14-17/h9-10,14-16H,4-8,11-13H2,1-3H3,(H,23,26)/t15-,16-/m1/s1. The Balaban J connectivity index is 1.96. The van der Waals surface area contributed by atoms with Gasteiger partial charge in [-0.2, -0.15) is 0 Å². The minimum absolute atomic E-state index is 0.0897. The number of nitrogens with one attached hydrogen (secondary N) is 1. The third-order valence-corrected chi connectivity index (χ3v) is 6.63. The Morgan fingerprint density at radius 2 is 2.03 bits per heavy atom. The van der Waals surface area contributed by atoms with Crippen molar-refractivity contribution in [3.63, 3.8) is 0 Å². The zero-order valence-electron chi connectivity index (χ0n) is 17.3. The van der Waals surface area contributed by atoms with Gasteiger partial charge in [0.1, 0.15) is 6.04 Å². The summed E-state index contributed by atoms with van der Waals surface area (Å²) in [4.78, 5) is 15.0. The van der Waals surface area contributed by atoms with E-state index in [0.717, 1.165) is 54.7 Å². The average molecular weight is 432 g/mol. The van der Waals surface area contributed by atoms with Crippen LogP contribution in [0.4, 0.5) is 14.5 Å². The van der Waals surface area contributed by atoms with Crippen LogP contribution in [0.3, 0.4) is 0 Å². The number of hydrogen-bond donors (Lipinski definition) is 1. The fraction of sp³-hybridized carbons (Fsp3) is 0.650. The molecule has 1 aliphatic heterocycles. The van der Waals surface area contributed by atoms with Crippen LogP contribution in [0.5, 0.6) is 0 Å². The van der Waals surface area contributed by atoms with Crippen molar-refractivity contribution in [3.05, 3.63) is 29.8 Å². The van der Waals surface area contributed by atoms with Crippen LogP contribution in [0.2, 0.25) is 0 Å². The van der Waals surface area contributed by atoms with E-state index >= 15 is 0 Å². The third-order valence-electron chi connectivity index (χ3n) is 5.39. The lowest BCUT2D eigenvalue weighted by Gasteiger charge is -2.35. The van der Waals surface area contributed by atoms with E-state index in [1.807, 2.05) is 0 Å². The number of nitrogens with zero attached hydrogens (tertiary/aromatic N) is 2. The van der Waals surface area contributed by atoms with Crippen molar-refractivity contribution in [2.45, 2.75) is 58.0 Å². The van der Waals surface area contributed by atoms with Gasteiger partial charge in [-0.25, -0.2) is 17.2 Å². The van der Waals surface area contributed by atoms with Gasteiger partial charge in [0.05, 0.1) is 11.9 Å². The molecule has 0 saturated carbocycles. The summed E-state index contributed by atoms with van der Waals surface area (Å²) in [5.41, 5.74) is -0.0897. The molecule has 164 valence electrons. The highest BCUT2D eigenvalue weighted by Gasteiger charge is 2.29. The normalized spacial score (nSPS) is 19.0. The van der Waals surface area contributed by atoms with Gasteiger partial charge < -0.3 is 10.2 Å². The molecule has 1 aliphatic rings. The zero-order valence-corrected chi connectivity index (χ0v) is 18.1. The quantitative estimate of drug-likeness (QED) is 0.611. The topological polar surface area (TPSA) is 69.7 Å². The highest BCUT2D eigenvalue weighted by atomic mass is 32.2. The molecule has 1 amide bonds. The Hall–Kier alpha value is -1.74. The van der Waals surface area contributed by atoms with E-state index in [2.05, 4.69) is 17.1 Å². The Kier molecular flexibility index (Phi) is 8.39. The van der Waals surface area contributed by atoms with Crippen molar-refractivity contribution in [3.8, 4) is 0 Å². The molecule has 1 N–H and O–H groups in total. The highest BCUT2D eigenvalue weighted by Crippen LogP contribution is 2.23. The number of anilines is 1. The van der Waals surface area contributed by atoms with Crippen LogP contribution in [-0.2, 0) is 14.8 Å². The molecule has 1 heterocycles. The Labute approximate surface area is 172 Å². The van der Waals surface area contributed by atoms with Gasteiger partial charge in [0, 0.05) is 25.2 Å². The number of amides is 1. The maximum absolute atomic E-state index is 13.6. The molecule has 29 heavy (non-hydrogen) atoms. The summed E-state index contributed by atoms with van der Waals surface area (Å²) in [6, 6.07) is 2.27. The Morgan fingerprint density at radius 3 is 2.66 bits per heavy atom. The van der Waals surface area contributed by atoms with Gasteiger partial charge >= 0.3 is 0 Å². The number of carbonyl (C=O) groups is 1. The summed E-state index contributed by atoms with van der Waals surface area (Å²) in [5.74, 6) is -2.73. The van der Waals surface area contributed by atoms with E-state index in [9.17, 15) is 22.0 Å². The van der Waals surface area contributed by atoms with Gasteiger partial charge in [-0.1, -0.05) is 13.3 Å². The number of likely N-dealkylation sites (tertiary alicyclic amines) is 1.